The van der Waals surface area contributed by atoms with Crippen molar-refractivity contribution < 1.29 is 9.53 Å². The van der Waals surface area contributed by atoms with Crippen molar-refractivity contribution in [3.63, 3.8) is 0 Å². The highest BCUT2D eigenvalue weighted by molar-refractivity contribution is 5.77. The molecule has 0 saturated carbocycles. The number of carbonyl (C=O) groups excluding carboxylic acids is 1. The van der Waals surface area contributed by atoms with E-state index in [0.29, 0.717) is 26.2 Å². The number of benzene rings is 1. The van der Waals surface area contributed by atoms with Gasteiger partial charge in [0.25, 0.3) is 0 Å². The summed E-state index contributed by atoms with van der Waals surface area (Å²) in [6, 6.07) is 9.92. The van der Waals surface area contributed by atoms with Crippen molar-refractivity contribution in [2.75, 3.05) is 20.3 Å². The number of carbonyl (C=O) groups is 1. The molecule has 1 fully saturated rings. The summed E-state index contributed by atoms with van der Waals surface area (Å²) in [5.41, 5.74) is 6.64. The van der Waals surface area contributed by atoms with Crippen molar-refractivity contribution in [3.8, 4) is 0 Å². The fourth-order valence-electron chi connectivity index (χ4n) is 1.85. The van der Waals surface area contributed by atoms with E-state index in [4.69, 9.17) is 10.5 Å². The zero-order chi connectivity index (χ0) is 12.3. The lowest BCUT2D eigenvalue weighted by Crippen LogP contribution is -2.59. The number of amides is 1. The monoisotopic (exact) mass is 234 g/mol. The number of ether oxygens (including phenoxy) is 1. The lowest BCUT2D eigenvalue weighted by molar-refractivity contribution is -0.137. The van der Waals surface area contributed by atoms with E-state index in [0.717, 1.165) is 5.56 Å². The van der Waals surface area contributed by atoms with Gasteiger partial charge in [0.2, 0.25) is 5.91 Å². The fourth-order valence-corrected chi connectivity index (χ4v) is 1.85. The Labute approximate surface area is 101 Å². The van der Waals surface area contributed by atoms with Gasteiger partial charge < -0.3 is 15.4 Å². The van der Waals surface area contributed by atoms with Crippen LogP contribution in [0.1, 0.15) is 12.0 Å². The molecule has 1 aliphatic heterocycles. The maximum atomic E-state index is 11.9. The molecule has 4 heteroatoms. The third-order valence-electron chi connectivity index (χ3n) is 2.97. The van der Waals surface area contributed by atoms with Crippen LogP contribution in [0, 0.1) is 0 Å². The second-order valence-electron chi connectivity index (χ2n) is 4.77. The Bertz CT molecular complexity index is 388. The summed E-state index contributed by atoms with van der Waals surface area (Å²) >= 11 is 0. The molecule has 0 unspecified atom stereocenters. The SMILES string of the molecule is CN(Cc1ccccc1)C(=O)CC1(N)COC1. The Morgan fingerprint density at radius 1 is 1.41 bits per heavy atom. The van der Waals surface area contributed by atoms with Crippen LogP contribution in [0.2, 0.25) is 0 Å². The molecule has 0 atom stereocenters. The highest BCUT2D eigenvalue weighted by Gasteiger charge is 2.37. The van der Waals surface area contributed by atoms with E-state index < -0.39 is 5.54 Å². The number of hydrogen-bond acceptors (Lipinski definition) is 3. The smallest absolute Gasteiger partial charge is 0.224 e. The van der Waals surface area contributed by atoms with E-state index in [-0.39, 0.29) is 5.91 Å². The Hall–Kier alpha value is -1.39. The third-order valence-corrected chi connectivity index (χ3v) is 2.97. The molecule has 1 heterocycles. The topological polar surface area (TPSA) is 55.6 Å². The molecule has 0 bridgehead atoms. The molecular formula is C13H18N2O2. The van der Waals surface area contributed by atoms with E-state index in [2.05, 4.69) is 0 Å². The maximum Gasteiger partial charge on any atom is 0.224 e. The molecule has 0 aliphatic carbocycles. The van der Waals surface area contributed by atoms with Crippen molar-refractivity contribution >= 4 is 5.91 Å². The second-order valence-corrected chi connectivity index (χ2v) is 4.77. The molecule has 2 N–H and O–H groups in total. The minimum absolute atomic E-state index is 0.0691. The van der Waals surface area contributed by atoms with Crippen molar-refractivity contribution in [3.05, 3.63) is 35.9 Å². The zero-order valence-corrected chi connectivity index (χ0v) is 10.1. The Balaban J connectivity index is 1.87. The van der Waals surface area contributed by atoms with E-state index >= 15 is 0 Å². The minimum Gasteiger partial charge on any atom is -0.377 e. The van der Waals surface area contributed by atoms with Crippen molar-refractivity contribution in [1.82, 2.24) is 4.90 Å². The lowest BCUT2D eigenvalue weighted by Gasteiger charge is -2.38. The molecule has 92 valence electrons. The van der Waals surface area contributed by atoms with Gasteiger partial charge in [-0.1, -0.05) is 30.3 Å². The minimum atomic E-state index is -0.442. The quantitative estimate of drug-likeness (QED) is 0.837. The standard InChI is InChI=1S/C13H18N2O2/c1-15(8-11-5-3-2-4-6-11)12(16)7-13(14)9-17-10-13/h2-6H,7-10,14H2,1H3. The zero-order valence-electron chi connectivity index (χ0n) is 10.1. The van der Waals surface area contributed by atoms with E-state index in [1.54, 1.807) is 11.9 Å². The molecule has 1 saturated heterocycles. The van der Waals surface area contributed by atoms with Gasteiger partial charge in [-0.2, -0.15) is 0 Å². The van der Waals surface area contributed by atoms with Gasteiger partial charge in [-0.25, -0.2) is 0 Å². The molecule has 1 aromatic rings. The van der Waals surface area contributed by atoms with Gasteiger partial charge >= 0.3 is 0 Å². The highest BCUT2D eigenvalue weighted by Crippen LogP contribution is 2.19. The molecule has 17 heavy (non-hydrogen) atoms. The summed E-state index contributed by atoms with van der Waals surface area (Å²) in [5.74, 6) is 0.0691. The Morgan fingerprint density at radius 3 is 2.59 bits per heavy atom. The first-order chi connectivity index (χ1) is 8.09. The first kappa shape index (κ1) is 12.1. The van der Waals surface area contributed by atoms with Gasteiger partial charge in [-0.3, -0.25) is 4.79 Å². The van der Waals surface area contributed by atoms with Crippen LogP contribution < -0.4 is 5.73 Å². The molecule has 1 aliphatic rings. The predicted octanol–water partition coefficient (Wildman–Crippen LogP) is 0.763. The molecule has 0 radical (unpaired) electrons. The molecule has 0 aromatic heterocycles. The van der Waals surface area contributed by atoms with Gasteiger partial charge in [0.05, 0.1) is 18.8 Å². The average Bonchev–Trinajstić information content (AvgIpc) is 2.28. The molecule has 0 spiro atoms. The number of nitrogens with two attached hydrogens (primary N) is 1. The molecule has 4 nitrogen and oxygen atoms in total. The van der Waals surface area contributed by atoms with Crippen LogP contribution in [-0.4, -0.2) is 36.6 Å². The first-order valence-electron chi connectivity index (χ1n) is 5.74. The summed E-state index contributed by atoms with van der Waals surface area (Å²) in [5, 5.41) is 0. The van der Waals surface area contributed by atoms with Crippen molar-refractivity contribution in [2.45, 2.75) is 18.5 Å². The lowest BCUT2D eigenvalue weighted by atomic mass is 9.94. The molecule has 1 amide bonds. The maximum absolute atomic E-state index is 11.9. The van der Waals surface area contributed by atoms with E-state index in [9.17, 15) is 4.79 Å². The van der Waals surface area contributed by atoms with E-state index in [1.165, 1.54) is 0 Å². The second kappa shape index (κ2) is 4.85. The molecule has 1 aromatic carbocycles. The van der Waals surface area contributed by atoms with Crippen LogP contribution in [0.5, 0.6) is 0 Å². The summed E-state index contributed by atoms with van der Waals surface area (Å²) in [4.78, 5) is 13.7. The summed E-state index contributed by atoms with van der Waals surface area (Å²) in [7, 11) is 1.80. The highest BCUT2D eigenvalue weighted by atomic mass is 16.5. The normalized spacial score (nSPS) is 17.3. The molecular weight excluding hydrogens is 216 g/mol. The van der Waals surface area contributed by atoms with E-state index in [1.807, 2.05) is 30.3 Å². The van der Waals surface area contributed by atoms with Gasteiger partial charge in [-0.15, -0.1) is 0 Å². The summed E-state index contributed by atoms with van der Waals surface area (Å²) in [6.45, 7) is 1.59. The Kier molecular flexibility index (Phi) is 3.45. The average molecular weight is 234 g/mol. The number of hydrogen-bond donors (Lipinski definition) is 1. The fraction of sp³-hybridized carbons (Fsp3) is 0.462. The first-order valence-corrected chi connectivity index (χ1v) is 5.74. The van der Waals surface area contributed by atoms with Gasteiger partial charge in [0, 0.05) is 20.0 Å². The summed E-state index contributed by atoms with van der Waals surface area (Å²) in [6.07, 6.45) is 0.357. The number of nitrogens with zero attached hydrogens (tertiary/aromatic N) is 1. The predicted molar refractivity (Wildman–Crippen MR) is 65.3 cm³/mol. The summed E-state index contributed by atoms with van der Waals surface area (Å²) < 4.78 is 5.04. The van der Waals surface area contributed by atoms with Crippen LogP contribution >= 0.6 is 0 Å². The number of rotatable bonds is 4. The van der Waals surface area contributed by atoms with Crippen LogP contribution in [-0.2, 0) is 16.1 Å². The van der Waals surface area contributed by atoms with Crippen molar-refractivity contribution in [1.29, 1.82) is 0 Å². The van der Waals surface area contributed by atoms with Crippen LogP contribution in [0.25, 0.3) is 0 Å². The third kappa shape index (κ3) is 3.05. The van der Waals surface area contributed by atoms with Gasteiger partial charge in [0.1, 0.15) is 0 Å². The largest absolute Gasteiger partial charge is 0.377 e. The Morgan fingerprint density at radius 2 is 2.06 bits per heavy atom. The van der Waals surface area contributed by atoms with Crippen LogP contribution in [0.4, 0.5) is 0 Å². The van der Waals surface area contributed by atoms with Gasteiger partial charge in [-0.05, 0) is 5.56 Å². The molecule has 2 rings (SSSR count). The van der Waals surface area contributed by atoms with Gasteiger partial charge in [0.15, 0.2) is 0 Å². The van der Waals surface area contributed by atoms with Crippen LogP contribution in [0.3, 0.4) is 0 Å². The van der Waals surface area contributed by atoms with Crippen molar-refractivity contribution in [2.24, 2.45) is 5.73 Å². The van der Waals surface area contributed by atoms with Crippen LogP contribution in [0.15, 0.2) is 30.3 Å².